The van der Waals surface area contributed by atoms with E-state index in [1.54, 1.807) is 0 Å². The third kappa shape index (κ3) is 3.33. The van der Waals surface area contributed by atoms with Gasteiger partial charge < -0.3 is 11.1 Å². The quantitative estimate of drug-likeness (QED) is 0.775. The Labute approximate surface area is 92.9 Å². The van der Waals surface area contributed by atoms with Gasteiger partial charge in [-0.15, -0.1) is 0 Å². The van der Waals surface area contributed by atoms with Crippen molar-refractivity contribution in [1.29, 1.82) is 0 Å². The van der Waals surface area contributed by atoms with Gasteiger partial charge in [0.25, 0.3) is 0 Å². The molecular weight excluding hydrogens is 184 g/mol. The largest absolute Gasteiger partial charge is 0.329 e. The summed E-state index contributed by atoms with van der Waals surface area (Å²) < 4.78 is 0. The maximum atomic E-state index is 5.81. The van der Waals surface area contributed by atoms with Gasteiger partial charge in [-0.25, -0.2) is 0 Å². The highest BCUT2D eigenvalue weighted by atomic mass is 15.0. The molecule has 1 aromatic rings. The van der Waals surface area contributed by atoms with E-state index in [4.69, 9.17) is 5.73 Å². The van der Waals surface area contributed by atoms with E-state index in [1.807, 2.05) is 0 Å². The number of hydrogen-bond acceptors (Lipinski definition) is 2. The standard InChI is InChI=1S/C13H22N2/c1-4-11-7-5-6-8-12(11)13(9-14)15-10(2)3/h5-8,10,13,15H,4,9,14H2,1-3H3. The summed E-state index contributed by atoms with van der Waals surface area (Å²) in [5.74, 6) is 0. The third-order valence-electron chi connectivity index (χ3n) is 2.58. The number of nitrogens with one attached hydrogen (secondary N) is 1. The highest BCUT2D eigenvalue weighted by Gasteiger charge is 2.12. The normalized spacial score (nSPS) is 13.1. The van der Waals surface area contributed by atoms with Crippen molar-refractivity contribution in [2.24, 2.45) is 5.73 Å². The second-order valence-electron chi connectivity index (χ2n) is 4.16. The molecule has 0 saturated carbocycles. The molecule has 0 aliphatic carbocycles. The van der Waals surface area contributed by atoms with E-state index in [-0.39, 0.29) is 6.04 Å². The maximum Gasteiger partial charge on any atom is 0.0449 e. The molecule has 84 valence electrons. The summed E-state index contributed by atoms with van der Waals surface area (Å²) in [5.41, 5.74) is 8.55. The zero-order chi connectivity index (χ0) is 11.3. The smallest absolute Gasteiger partial charge is 0.0449 e. The summed E-state index contributed by atoms with van der Waals surface area (Å²) >= 11 is 0. The second kappa shape index (κ2) is 5.89. The monoisotopic (exact) mass is 206 g/mol. The molecule has 1 atom stereocenters. The molecule has 3 N–H and O–H groups in total. The van der Waals surface area contributed by atoms with Gasteiger partial charge in [-0.05, 0) is 17.5 Å². The van der Waals surface area contributed by atoms with Crippen molar-refractivity contribution in [3.05, 3.63) is 35.4 Å². The van der Waals surface area contributed by atoms with E-state index >= 15 is 0 Å². The molecule has 0 aliphatic heterocycles. The van der Waals surface area contributed by atoms with Crippen LogP contribution in [0.5, 0.6) is 0 Å². The van der Waals surface area contributed by atoms with Crippen molar-refractivity contribution in [3.8, 4) is 0 Å². The molecule has 1 rings (SSSR count). The molecule has 0 heterocycles. The van der Waals surface area contributed by atoms with E-state index in [2.05, 4.69) is 50.4 Å². The van der Waals surface area contributed by atoms with Gasteiger partial charge in [0.15, 0.2) is 0 Å². The van der Waals surface area contributed by atoms with Crippen LogP contribution in [-0.4, -0.2) is 12.6 Å². The Morgan fingerprint density at radius 1 is 1.27 bits per heavy atom. The highest BCUT2D eigenvalue weighted by molar-refractivity contribution is 5.30. The molecule has 0 amide bonds. The van der Waals surface area contributed by atoms with Gasteiger partial charge >= 0.3 is 0 Å². The van der Waals surface area contributed by atoms with E-state index in [9.17, 15) is 0 Å². The SMILES string of the molecule is CCc1ccccc1C(CN)NC(C)C. The number of rotatable bonds is 5. The predicted molar refractivity (Wildman–Crippen MR) is 65.9 cm³/mol. The van der Waals surface area contributed by atoms with Crippen molar-refractivity contribution in [2.45, 2.75) is 39.3 Å². The Balaban J connectivity index is 2.90. The molecule has 0 aliphatic rings. The van der Waals surface area contributed by atoms with Gasteiger partial charge in [0, 0.05) is 18.6 Å². The Morgan fingerprint density at radius 3 is 2.47 bits per heavy atom. The van der Waals surface area contributed by atoms with Crippen LogP contribution in [0.1, 0.15) is 37.9 Å². The van der Waals surface area contributed by atoms with Crippen molar-refractivity contribution in [1.82, 2.24) is 5.32 Å². The summed E-state index contributed by atoms with van der Waals surface area (Å²) in [5, 5.41) is 3.50. The maximum absolute atomic E-state index is 5.81. The minimum Gasteiger partial charge on any atom is -0.329 e. The minimum absolute atomic E-state index is 0.279. The van der Waals surface area contributed by atoms with Crippen LogP contribution in [-0.2, 0) is 6.42 Å². The van der Waals surface area contributed by atoms with Gasteiger partial charge in [-0.2, -0.15) is 0 Å². The molecular formula is C13H22N2. The lowest BCUT2D eigenvalue weighted by molar-refractivity contribution is 0.481. The lowest BCUT2D eigenvalue weighted by Gasteiger charge is -2.22. The van der Waals surface area contributed by atoms with Crippen LogP contribution in [0.3, 0.4) is 0 Å². The summed E-state index contributed by atoms with van der Waals surface area (Å²) in [6, 6.07) is 9.26. The molecule has 0 aromatic heterocycles. The van der Waals surface area contributed by atoms with Crippen LogP contribution in [0.25, 0.3) is 0 Å². The van der Waals surface area contributed by atoms with Crippen molar-refractivity contribution in [3.63, 3.8) is 0 Å². The molecule has 0 bridgehead atoms. The molecule has 2 heteroatoms. The van der Waals surface area contributed by atoms with Gasteiger partial charge in [0.05, 0.1) is 0 Å². The average molecular weight is 206 g/mol. The fourth-order valence-corrected chi connectivity index (χ4v) is 1.88. The number of hydrogen-bond donors (Lipinski definition) is 2. The molecule has 2 nitrogen and oxygen atoms in total. The average Bonchev–Trinajstić information content (AvgIpc) is 2.25. The summed E-state index contributed by atoms with van der Waals surface area (Å²) in [7, 11) is 0. The van der Waals surface area contributed by atoms with Crippen LogP contribution >= 0.6 is 0 Å². The molecule has 0 radical (unpaired) electrons. The summed E-state index contributed by atoms with van der Waals surface area (Å²) in [6.45, 7) is 7.13. The lowest BCUT2D eigenvalue weighted by Crippen LogP contribution is -2.33. The minimum atomic E-state index is 0.279. The van der Waals surface area contributed by atoms with E-state index < -0.39 is 0 Å². The number of aryl methyl sites for hydroxylation is 1. The molecule has 1 unspecified atom stereocenters. The Kier molecular flexibility index (Phi) is 4.79. The lowest BCUT2D eigenvalue weighted by atomic mass is 9.98. The van der Waals surface area contributed by atoms with Crippen LogP contribution in [0.15, 0.2) is 24.3 Å². The molecule has 0 spiro atoms. The molecule has 0 saturated heterocycles. The molecule has 15 heavy (non-hydrogen) atoms. The number of benzene rings is 1. The first kappa shape index (κ1) is 12.2. The van der Waals surface area contributed by atoms with E-state index in [0.717, 1.165) is 6.42 Å². The van der Waals surface area contributed by atoms with Crippen LogP contribution < -0.4 is 11.1 Å². The van der Waals surface area contributed by atoms with Gasteiger partial charge in [-0.1, -0.05) is 45.0 Å². The van der Waals surface area contributed by atoms with Gasteiger partial charge in [0.1, 0.15) is 0 Å². The Hall–Kier alpha value is -0.860. The zero-order valence-electron chi connectivity index (χ0n) is 9.96. The predicted octanol–water partition coefficient (Wildman–Crippen LogP) is 2.25. The highest BCUT2D eigenvalue weighted by Crippen LogP contribution is 2.18. The topological polar surface area (TPSA) is 38.0 Å². The first-order valence-electron chi connectivity index (χ1n) is 5.73. The second-order valence-corrected chi connectivity index (χ2v) is 4.16. The Bertz CT molecular complexity index is 294. The number of nitrogens with two attached hydrogens (primary N) is 1. The first-order valence-corrected chi connectivity index (χ1v) is 5.73. The van der Waals surface area contributed by atoms with Crippen LogP contribution in [0.2, 0.25) is 0 Å². The molecule has 0 fully saturated rings. The fraction of sp³-hybridized carbons (Fsp3) is 0.538. The zero-order valence-corrected chi connectivity index (χ0v) is 9.96. The first-order chi connectivity index (χ1) is 7.19. The van der Waals surface area contributed by atoms with Crippen molar-refractivity contribution < 1.29 is 0 Å². The van der Waals surface area contributed by atoms with Crippen LogP contribution in [0, 0.1) is 0 Å². The van der Waals surface area contributed by atoms with E-state index in [0.29, 0.717) is 12.6 Å². The fourth-order valence-electron chi connectivity index (χ4n) is 1.88. The summed E-state index contributed by atoms with van der Waals surface area (Å²) in [4.78, 5) is 0. The van der Waals surface area contributed by atoms with Crippen LogP contribution in [0.4, 0.5) is 0 Å². The van der Waals surface area contributed by atoms with Crippen molar-refractivity contribution >= 4 is 0 Å². The third-order valence-corrected chi connectivity index (χ3v) is 2.58. The van der Waals surface area contributed by atoms with Gasteiger partial charge in [0.2, 0.25) is 0 Å². The van der Waals surface area contributed by atoms with E-state index in [1.165, 1.54) is 11.1 Å². The van der Waals surface area contributed by atoms with Crippen molar-refractivity contribution in [2.75, 3.05) is 6.54 Å². The summed E-state index contributed by atoms with van der Waals surface area (Å²) in [6.07, 6.45) is 1.06. The van der Waals surface area contributed by atoms with Gasteiger partial charge in [-0.3, -0.25) is 0 Å². The molecule has 1 aromatic carbocycles. The Morgan fingerprint density at radius 2 is 1.93 bits per heavy atom.